The van der Waals surface area contributed by atoms with Gasteiger partial charge in [-0.1, -0.05) is 6.07 Å². The van der Waals surface area contributed by atoms with Crippen LogP contribution in [-0.2, 0) is 0 Å². The Hall–Kier alpha value is -0.580. The standard InChI is InChI=1S/C13H20N2OS.ClH/c16-13(12-6-5-11-17-12)14-7-1-2-8-15-9-3-4-10-15;/h5-6,11H,1-4,7-10H2,(H,14,16);1H. The van der Waals surface area contributed by atoms with Crippen molar-refractivity contribution in [1.82, 2.24) is 10.2 Å². The summed E-state index contributed by atoms with van der Waals surface area (Å²) in [5.74, 6) is 0.0705. The number of hydrogen-bond acceptors (Lipinski definition) is 3. The number of amides is 1. The van der Waals surface area contributed by atoms with Crippen molar-refractivity contribution < 1.29 is 4.79 Å². The van der Waals surface area contributed by atoms with Crippen LogP contribution in [-0.4, -0.2) is 37.0 Å². The predicted molar refractivity (Wildman–Crippen MR) is 78.8 cm³/mol. The molecule has 1 aromatic heterocycles. The van der Waals surface area contributed by atoms with Gasteiger partial charge in [0.05, 0.1) is 4.88 Å². The van der Waals surface area contributed by atoms with Gasteiger partial charge in [0.15, 0.2) is 0 Å². The van der Waals surface area contributed by atoms with Crippen molar-refractivity contribution >= 4 is 29.7 Å². The van der Waals surface area contributed by atoms with Gasteiger partial charge in [0.1, 0.15) is 0 Å². The molecule has 1 aromatic rings. The summed E-state index contributed by atoms with van der Waals surface area (Å²) in [5.41, 5.74) is 0. The first-order chi connectivity index (χ1) is 8.36. The minimum atomic E-state index is 0. The molecule has 0 bridgehead atoms. The summed E-state index contributed by atoms with van der Waals surface area (Å²) in [5, 5.41) is 4.90. The SMILES string of the molecule is Cl.O=C(NCCCCN1CCCC1)c1cccs1. The van der Waals surface area contributed by atoms with E-state index in [0.29, 0.717) is 0 Å². The van der Waals surface area contributed by atoms with Gasteiger partial charge in [-0.05, 0) is 56.8 Å². The molecule has 0 unspecified atom stereocenters. The summed E-state index contributed by atoms with van der Waals surface area (Å²) in [6.45, 7) is 4.52. The van der Waals surface area contributed by atoms with Gasteiger partial charge in [0.2, 0.25) is 0 Å². The fourth-order valence-electron chi connectivity index (χ4n) is 2.16. The molecule has 0 aromatic carbocycles. The summed E-state index contributed by atoms with van der Waals surface area (Å²) in [6, 6.07) is 3.77. The maximum absolute atomic E-state index is 11.6. The summed E-state index contributed by atoms with van der Waals surface area (Å²) in [6.07, 6.45) is 4.97. The van der Waals surface area contributed by atoms with Crippen LogP contribution in [0.1, 0.15) is 35.4 Å². The molecule has 0 saturated carbocycles. The summed E-state index contributed by atoms with van der Waals surface area (Å²) in [7, 11) is 0. The van der Waals surface area contributed by atoms with Crippen molar-refractivity contribution in [2.45, 2.75) is 25.7 Å². The van der Waals surface area contributed by atoms with Gasteiger partial charge in [-0.15, -0.1) is 23.7 Å². The Balaban J connectivity index is 0.00000162. The molecular weight excluding hydrogens is 268 g/mol. The molecule has 3 nitrogen and oxygen atoms in total. The Bertz CT molecular complexity index is 337. The van der Waals surface area contributed by atoms with Gasteiger partial charge in [-0.3, -0.25) is 4.79 Å². The molecule has 0 radical (unpaired) electrons. The molecule has 1 saturated heterocycles. The van der Waals surface area contributed by atoms with Gasteiger partial charge in [0.25, 0.3) is 5.91 Å². The summed E-state index contributed by atoms with van der Waals surface area (Å²) >= 11 is 1.49. The Morgan fingerprint density at radius 3 is 2.78 bits per heavy atom. The normalized spacial score (nSPS) is 15.3. The van der Waals surface area contributed by atoms with Gasteiger partial charge >= 0.3 is 0 Å². The van der Waals surface area contributed by atoms with Gasteiger partial charge in [-0.2, -0.15) is 0 Å². The molecule has 2 heterocycles. The molecule has 102 valence electrons. The lowest BCUT2D eigenvalue weighted by atomic mass is 10.3. The predicted octanol–water partition coefficient (Wildman–Crippen LogP) is 2.78. The number of unbranched alkanes of at least 4 members (excludes halogenated alkanes) is 1. The van der Waals surface area contributed by atoms with Crippen LogP contribution >= 0.6 is 23.7 Å². The third-order valence-corrected chi connectivity index (χ3v) is 4.00. The number of hydrogen-bond donors (Lipinski definition) is 1. The van der Waals surface area contributed by atoms with E-state index in [1.165, 1.54) is 50.2 Å². The zero-order valence-corrected chi connectivity index (χ0v) is 12.2. The van der Waals surface area contributed by atoms with Crippen LogP contribution < -0.4 is 5.32 Å². The number of carbonyl (C=O) groups is 1. The van der Waals surface area contributed by atoms with Crippen LogP contribution in [0.15, 0.2) is 17.5 Å². The van der Waals surface area contributed by atoms with Crippen molar-refractivity contribution in [3.63, 3.8) is 0 Å². The van der Waals surface area contributed by atoms with Crippen molar-refractivity contribution in [3.8, 4) is 0 Å². The molecule has 1 amide bonds. The lowest BCUT2D eigenvalue weighted by Crippen LogP contribution is -2.25. The fourth-order valence-corrected chi connectivity index (χ4v) is 2.80. The van der Waals surface area contributed by atoms with Crippen LogP contribution in [0.4, 0.5) is 0 Å². The molecule has 1 N–H and O–H groups in total. The van der Waals surface area contributed by atoms with Crippen LogP contribution in [0.5, 0.6) is 0 Å². The Morgan fingerprint density at radius 2 is 2.11 bits per heavy atom. The van der Waals surface area contributed by atoms with Crippen molar-refractivity contribution in [3.05, 3.63) is 22.4 Å². The van der Waals surface area contributed by atoms with Crippen LogP contribution in [0, 0.1) is 0 Å². The van der Waals surface area contributed by atoms with E-state index in [1.54, 1.807) is 0 Å². The quantitative estimate of drug-likeness (QED) is 0.817. The van der Waals surface area contributed by atoms with E-state index in [9.17, 15) is 4.79 Å². The number of nitrogens with one attached hydrogen (secondary N) is 1. The van der Waals surface area contributed by atoms with Gasteiger partial charge < -0.3 is 10.2 Å². The Labute approximate surface area is 119 Å². The smallest absolute Gasteiger partial charge is 0.261 e. The molecular formula is C13H21ClN2OS. The van der Waals surface area contributed by atoms with E-state index in [-0.39, 0.29) is 18.3 Å². The van der Waals surface area contributed by atoms with Crippen molar-refractivity contribution in [2.24, 2.45) is 0 Å². The molecule has 1 aliphatic rings. The zero-order valence-electron chi connectivity index (χ0n) is 10.6. The van der Waals surface area contributed by atoms with E-state index >= 15 is 0 Å². The topological polar surface area (TPSA) is 32.3 Å². The highest BCUT2D eigenvalue weighted by Crippen LogP contribution is 2.09. The van der Waals surface area contributed by atoms with Crippen LogP contribution in [0.3, 0.4) is 0 Å². The first-order valence-corrected chi connectivity index (χ1v) is 7.28. The molecule has 2 rings (SSSR count). The molecule has 0 aliphatic carbocycles. The second-order valence-electron chi connectivity index (χ2n) is 4.49. The van der Waals surface area contributed by atoms with Crippen LogP contribution in [0.2, 0.25) is 0 Å². The third kappa shape index (κ3) is 4.96. The number of carbonyl (C=O) groups excluding carboxylic acids is 1. The highest BCUT2D eigenvalue weighted by atomic mass is 35.5. The second kappa shape index (κ2) is 8.51. The van der Waals surface area contributed by atoms with E-state index in [0.717, 1.165) is 17.8 Å². The largest absolute Gasteiger partial charge is 0.351 e. The maximum Gasteiger partial charge on any atom is 0.261 e. The lowest BCUT2D eigenvalue weighted by Gasteiger charge is -2.13. The number of rotatable bonds is 6. The molecule has 0 spiro atoms. The average Bonchev–Trinajstić information content (AvgIpc) is 3.01. The van der Waals surface area contributed by atoms with E-state index in [2.05, 4.69) is 10.2 Å². The van der Waals surface area contributed by atoms with Crippen LogP contribution in [0.25, 0.3) is 0 Å². The highest BCUT2D eigenvalue weighted by Gasteiger charge is 2.10. The lowest BCUT2D eigenvalue weighted by molar-refractivity contribution is 0.0956. The Morgan fingerprint density at radius 1 is 1.33 bits per heavy atom. The minimum absolute atomic E-state index is 0. The van der Waals surface area contributed by atoms with Crippen molar-refractivity contribution in [2.75, 3.05) is 26.2 Å². The molecule has 5 heteroatoms. The fraction of sp³-hybridized carbons (Fsp3) is 0.615. The first kappa shape index (κ1) is 15.5. The zero-order chi connectivity index (χ0) is 11.9. The minimum Gasteiger partial charge on any atom is -0.351 e. The third-order valence-electron chi connectivity index (χ3n) is 3.13. The van der Waals surface area contributed by atoms with E-state index in [4.69, 9.17) is 0 Å². The van der Waals surface area contributed by atoms with Crippen molar-refractivity contribution in [1.29, 1.82) is 0 Å². The average molecular weight is 289 g/mol. The van der Waals surface area contributed by atoms with Gasteiger partial charge in [0, 0.05) is 6.54 Å². The summed E-state index contributed by atoms with van der Waals surface area (Å²) in [4.78, 5) is 14.9. The highest BCUT2D eigenvalue weighted by molar-refractivity contribution is 7.12. The molecule has 1 aliphatic heterocycles. The van der Waals surface area contributed by atoms with Gasteiger partial charge in [-0.25, -0.2) is 0 Å². The first-order valence-electron chi connectivity index (χ1n) is 6.40. The summed E-state index contributed by atoms with van der Waals surface area (Å²) < 4.78 is 0. The van der Waals surface area contributed by atoms with E-state index in [1.807, 2.05) is 17.5 Å². The number of nitrogens with zero attached hydrogens (tertiary/aromatic N) is 1. The molecule has 1 fully saturated rings. The number of thiophene rings is 1. The number of halogens is 1. The number of likely N-dealkylation sites (tertiary alicyclic amines) is 1. The van der Waals surface area contributed by atoms with E-state index < -0.39 is 0 Å². The maximum atomic E-state index is 11.6. The monoisotopic (exact) mass is 288 g/mol. The molecule has 18 heavy (non-hydrogen) atoms. The second-order valence-corrected chi connectivity index (χ2v) is 5.44. The molecule has 0 atom stereocenters. The Kier molecular flexibility index (Phi) is 7.32.